The summed E-state index contributed by atoms with van der Waals surface area (Å²) < 4.78 is 16.5. The molecule has 51 heavy (non-hydrogen) atoms. The van der Waals surface area contributed by atoms with E-state index in [1.54, 1.807) is 51.5 Å². The number of hydrogen-bond acceptors (Lipinski definition) is 8. The molecule has 10 nitrogen and oxygen atoms in total. The van der Waals surface area contributed by atoms with Crippen LogP contribution in [0, 0.1) is 17.8 Å². The molecule has 7 rings (SSSR count). The number of carbonyl (C=O) groups is 4. The SMILES string of the molecule is CCOc1cccc([C@H]2C3=CC[C@@H]4C(=O)N(c5ccc(C=Cc6cc(OC)ccc6OC)cc5)C(=O)[C@@H]4[C@@H]3C[C@@]3(Cl)C(=O)N(C)C(=O)[C@@]23Cl)c1O. The average Bonchev–Trinajstić information content (AvgIpc) is 3.46. The Labute approximate surface area is 305 Å². The van der Waals surface area contributed by atoms with Crippen LogP contribution in [0.5, 0.6) is 23.0 Å². The van der Waals surface area contributed by atoms with Crippen molar-refractivity contribution < 1.29 is 38.5 Å². The molecule has 6 atom stereocenters. The number of rotatable bonds is 8. The summed E-state index contributed by atoms with van der Waals surface area (Å²) >= 11 is 14.5. The Kier molecular flexibility index (Phi) is 8.66. The van der Waals surface area contributed by atoms with Gasteiger partial charge in [0, 0.05) is 24.1 Å². The highest BCUT2D eigenvalue weighted by molar-refractivity contribution is 6.53. The number of phenols is 1. The number of aromatic hydroxyl groups is 1. The van der Waals surface area contributed by atoms with Gasteiger partial charge in [-0.15, -0.1) is 23.2 Å². The lowest BCUT2D eigenvalue weighted by atomic mass is 9.56. The number of alkyl halides is 2. The standard InChI is InChI=1S/C39H36Cl2N2O8/c1-5-51-30-8-6-7-27(33(30)44)32-25-16-17-26-31(28(25)20-38(40)36(47)42(2)37(48)39(32,38)41)35(46)43(34(26)45)23-13-10-21(11-14-23)9-12-22-19-24(49-3)15-18-29(22)50-4/h6-16,18-19,26,28,31-32,44H,5,17,20H2,1-4H3/t26-,28+,31-,32+,38+,39-/m0/s1. The molecule has 1 saturated carbocycles. The highest BCUT2D eigenvalue weighted by Crippen LogP contribution is 2.66. The van der Waals surface area contributed by atoms with Gasteiger partial charge < -0.3 is 19.3 Å². The Bertz CT molecular complexity index is 2030. The first-order valence-electron chi connectivity index (χ1n) is 16.6. The van der Waals surface area contributed by atoms with E-state index in [-0.39, 0.29) is 42.4 Å². The maximum absolute atomic E-state index is 14.4. The van der Waals surface area contributed by atoms with Crippen molar-refractivity contribution >= 4 is 64.7 Å². The molecule has 0 spiro atoms. The lowest BCUT2D eigenvalue weighted by molar-refractivity contribution is -0.138. The summed E-state index contributed by atoms with van der Waals surface area (Å²) in [5.41, 5.74) is 2.87. The number of hydrogen-bond donors (Lipinski definition) is 1. The van der Waals surface area contributed by atoms with Gasteiger partial charge in [-0.1, -0.05) is 48.1 Å². The Morgan fingerprint density at radius 2 is 1.65 bits per heavy atom. The maximum Gasteiger partial charge on any atom is 0.253 e. The topological polar surface area (TPSA) is 123 Å². The van der Waals surface area contributed by atoms with Gasteiger partial charge in [-0.25, -0.2) is 0 Å². The number of benzene rings is 3. The van der Waals surface area contributed by atoms with Crippen LogP contribution in [0.1, 0.15) is 42.4 Å². The molecule has 12 heteroatoms. The number of methoxy groups -OCH3 is 2. The molecular weight excluding hydrogens is 695 g/mol. The van der Waals surface area contributed by atoms with Crippen LogP contribution in [0.4, 0.5) is 5.69 Å². The summed E-state index contributed by atoms with van der Waals surface area (Å²) in [5.74, 6) is -4.30. The van der Waals surface area contributed by atoms with Gasteiger partial charge in [0.2, 0.25) is 11.8 Å². The zero-order valence-corrected chi connectivity index (χ0v) is 29.9. The van der Waals surface area contributed by atoms with Gasteiger partial charge in [0.25, 0.3) is 11.8 Å². The Balaban J connectivity index is 1.24. The van der Waals surface area contributed by atoms with Crippen molar-refractivity contribution in [2.24, 2.45) is 17.8 Å². The number of anilines is 1. The van der Waals surface area contributed by atoms with Crippen LogP contribution >= 0.6 is 23.2 Å². The van der Waals surface area contributed by atoms with Crippen molar-refractivity contribution in [1.29, 1.82) is 0 Å². The fourth-order valence-corrected chi connectivity index (χ4v) is 9.29. The first-order valence-corrected chi connectivity index (χ1v) is 17.4. The number of carbonyl (C=O) groups excluding carboxylic acids is 4. The molecule has 0 unspecified atom stereocenters. The molecule has 3 aromatic rings. The van der Waals surface area contributed by atoms with Crippen LogP contribution in [0.25, 0.3) is 12.2 Å². The number of para-hydroxylation sites is 1. The quantitative estimate of drug-likeness (QED) is 0.126. The van der Waals surface area contributed by atoms with Gasteiger partial charge in [-0.3, -0.25) is 29.0 Å². The molecule has 1 N–H and O–H groups in total. The molecule has 3 aromatic carbocycles. The van der Waals surface area contributed by atoms with Crippen molar-refractivity contribution in [3.05, 3.63) is 89.0 Å². The fraction of sp³-hybridized carbons (Fsp3) is 0.333. The van der Waals surface area contributed by atoms with Crippen LogP contribution in [0.2, 0.25) is 0 Å². The van der Waals surface area contributed by atoms with E-state index < -0.39 is 51.1 Å². The lowest BCUT2D eigenvalue weighted by Gasteiger charge is -2.50. The predicted octanol–water partition coefficient (Wildman–Crippen LogP) is 6.17. The van der Waals surface area contributed by atoms with E-state index in [0.29, 0.717) is 22.8 Å². The minimum atomic E-state index is -2.01. The van der Waals surface area contributed by atoms with Crippen molar-refractivity contribution in [2.45, 2.75) is 35.4 Å². The van der Waals surface area contributed by atoms with Crippen LogP contribution in [0.3, 0.4) is 0 Å². The third kappa shape index (κ3) is 5.05. The van der Waals surface area contributed by atoms with Gasteiger partial charge >= 0.3 is 0 Å². The second kappa shape index (κ2) is 12.8. The molecule has 264 valence electrons. The number of nitrogens with zero attached hydrogens (tertiary/aromatic N) is 2. The van der Waals surface area contributed by atoms with Gasteiger partial charge in [0.1, 0.15) is 11.5 Å². The second-order valence-corrected chi connectivity index (χ2v) is 14.4. The van der Waals surface area contributed by atoms with Crippen LogP contribution in [0.15, 0.2) is 72.3 Å². The molecule has 2 heterocycles. The van der Waals surface area contributed by atoms with Crippen molar-refractivity contribution in [3.63, 3.8) is 0 Å². The summed E-state index contributed by atoms with van der Waals surface area (Å²) in [5, 5.41) is 11.4. The molecule has 2 aliphatic carbocycles. The van der Waals surface area contributed by atoms with Gasteiger partial charge in [0.05, 0.1) is 38.3 Å². The number of imide groups is 2. The molecular formula is C39H36Cl2N2O8. The highest BCUT2D eigenvalue weighted by Gasteiger charge is 2.76. The van der Waals surface area contributed by atoms with E-state index in [9.17, 15) is 24.3 Å². The first-order chi connectivity index (χ1) is 24.4. The van der Waals surface area contributed by atoms with Crippen LogP contribution < -0.4 is 19.1 Å². The predicted molar refractivity (Wildman–Crippen MR) is 192 cm³/mol. The molecule has 4 aliphatic rings. The molecule has 4 amide bonds. The summed E-state index contributed by atoms with van der Waals surface area (Å²) in [7, 11) is 4.51. The van der Waals surface area contributed by atoms with Crippen molar-refractivity contribution in [1.82, 2.24) is 4.90 Å². The first kappa shape index (κ1) is 34.6. The molecule has 0 bridgehead atoms. The van der Waals surface area contributed by atoms with Gasteiger partial charge in [0.15, 0.2) is 21.2 Å². The van der Waals surface area contributed by atoms with Crippen molar-refractivity contribution in [2.75, 3.05) is 32.8 Å². The van der Waals surface area contributed by atoms with E-state index >= 15 is 0 Å². The average molecular weight is 732 g/mol. The summed E-state index contributed by atoms with van der Waals surface area (Å²) in [4.78, 5) is 54.2. The largest absolute Gasteiger partial charge is 0.504 e. The maximum atomic E-state index is 14.4. The zero-order valence-electron chi connectivity index (χ0n) is 28.4. The van der Waals surface area contributed by atoms with E-state index in [0.717, 1.165) is 16.0 Å². The Hall–Kier alpha value is -4.80. The molecule has 0 aromatic heterocycles. The minimum absolute atomic E-state index is 0.146. The van der Waals surface area contributed by atoms with E-state index in [1.165, 1.54) is 11.9 Å². The number of ether oxygens (including phenoxy) is 3. The second-order valence-electron chi connectivity index (χ2n) is 13.2. The Morgan fingerprint density at radius 1 is 0.902 bits per heavy atom. The van der Waals surface area contributed by atoms with Gasteiger partial charge in [-0.05, 0) is 67.6 Å². The van der Waals surface area contributed by atoms with Crippen LogP contribution in [-0.4, -0.2) is 71.3 Å². The third-order valence-electron chi connectivity index (χ3n) is 10.7. The number of amides is 4. The Morgan fingerprint density at radius 3 is 2.33 bits per heavy atom. The monoisotopic (exact) mass is 730 g/mol. The number of likely N-dealkylation sites (tertiary alicyclic amines) is 1. The molecule has 2 aliphatic heterocycles. The molecule has 3 fully saturated rings. The van der Waals surface area contributed by atoms with Gasteiger partial charge in [-0.2, -0.15) is 0 Å². The number of allylic oxidation sites excluding steroid dienone is 2. The number of halogens is 2. The minimum Gasteiger partial charge on any atom is -0.504 e. The summed E-state index contributed by atoms with van der Waals surface area (Å²) in [6.45, 7) is 2.04. The number of fused-ring (bicyclic) bond motifs is 4. The molecule has 0 radical (unpaired) electrons. The normalized spacial score (nSPS) is 28.5. The fourth-order valence-electron chi connectivity index (χ4n) is 8.28. The van der Waals surface area contributed by atoms with E-state index in [1.807, 2.05) is 48.6 Å². The number of phenolic OH excluding ortho intramolecular Hbond substituents is 1. The molecule has 2 saturated heterocycles. The van der Waals surface area contributed by atoms with E-state index in [4.69, 9.17) is 37.4 Å². The van der Waals surface area contributed by atoms with Crippen molar-refractivity contribution in [3.8, 4) is 23.0 Å². The summed E-state index contributed by atoms with van der Waals surface area (Å²) in [6, 6.07) is 17.4. The highest BCUT2D eigenvalue weighted by atomic mass is 35.5. The summed E-state index contributed by atoms with van der Waals surface area (Å²) in [6.07, 6.45) is 5.65. The lowest BCUT2D eigenvalue weighted by Crippen LogP contribution is -2.60. The van der Waals surface area contributed by atoms with Crippen LogP contribution in [-0.2, 0) is 19.2 Å². The third-order valence-corrected chi connectivity index (χ3v) is 12.1. The zero-order chi connectivity index (χ0) is 36.4. The van der Waals surface area contributed by atoms with E-state index in [2.05, 4.69) is 0 Å². The smallest absolute Gasteiger partial charge is 0.253 e.